The highest BCUT2D eigenvalue weighted by Crippen LogP contribution is 2.33. The summed E-state index contributed by atoms with van der Waals surface area (Å²) < 4.78 is 5.09. The number of nitrogens with one attached hydrogen (secondary N) is 1. The minimum absolute atomic E-state index is 0.300. The van der Waals surface area contributed by atoms with Crippen molar-refractivity contribution < 1.29 is 14.3 Å². The number of hydrogen-bond acceptors (Lipinski definition) is 5. The number of ether oxygens (including phenoxy) is 1. The summed E-state index contributed by atoms with van der Waals surface area (Å²) >= 11 is 7.43. The molecule has 0 saturated carbocycles. The van der Waals surface area contributed by atoms with E-state index in [1.807, 2.05) is 25.1 Å². The van der Waals surface area contributed by atoms with Gasteiger partial charge in [0.1, 0.15) is 5.03 Å². The fourth-order valence-electron chi connectivity index (χ4n) is 1.92. The first-order chi connectivity index (χ1) is 12.1. The molecule has 1 aromatic heterocycles. The quantitative estimate of drug-likeness (QED) is 0.556. The first-order valence-electron chi connectivity index (χ1n) is 7.93. The summed E-state index contributed by atoms with van der Waals surface area (Å²) in [4.78, 5) is 28.9. The molecule has 1 heterocycles. The van der Waals surface area contributed by atoms with Gasteiger partial charge in [-0.25, -0.2) is 9.78 Å². The first kappa shape index (κ1) is 19.3. The fourth-order valence-corrected chi connectivity index (χ4v) is 3.07. The summed E-state index contributed by atoms with van der Waals surface area (Å²) in [5, 5.41) is 3.75. The zero-order chi connectivity index (χ0) is 18.1. The van der Waals surface area contributed by atoms with Gasteiger partial charge in [0.2, 0.25) is 0 Å². The molecule has 0 unspecified atom stereocenters. The Morgan fingerprint density at radius 2 is 2.04 bits per heavy atom. The minimum atomic E-state index is -0.590. The number of rotatable bonds is 8. The van der Waals surface area contributed by atoms with Gasteiger partial charge in [0.15, 0.2) is 6.61 Å². The van der Waals surface area contributed by atoms with Crippen LogP contribution >= 0.6 is 23.4 Å². The lowest BCUT2D eigenvalue weighted by atomic mass is 10.3. The Bertz CT molecular complexity index is 740. The Hall–Kier alpha value is -2.05. The van der Waals surface area contributed by atoms with E-state index in [1.165, 1.54) is 11.8 Å². The van der Waals surface area contributed by atoms with Crippen molar-refractivity contribution in [1.82, 2.24) is 10.3 Å². The zero-order valence-corrected chi connectivity index (χ0v) is 15.4. The molecule has 5 nitrogen and oxygen atoms in total. The lowest BCUT2D eigenvalue weighted by Gasteiger charge is -2.09. The smallest absolute Gasteiger partial charge is 0.341 e. The van der Waals surface area contributed by atoms with E-state index in [-0.39, 0.29) is 12.5 Å². The summed E-state index contributed by atoms with van der Waals surface area (Å²) in [5.74, 6) is -0.903. The summed E-state index contributed by atoms with van der Waals surface area (Å²) in [6.07, 6.45) is 3.46. The molecule has 25 heavy (non-hydrogen) atoms. The largest absolute Gasteiger partial charge is 0.452 e. The fraction of sp³-hybridized carbons (Fsp3) is 0.278. The Labute approximate surface area is 156 Å². The third-order valence-electron chi connectivity index (χ3n) is 3.22. The molecule has 0 atom stereocenters. The number of carbonyl (C=O) groups is 2. The number of amides is 1. The van der Waals surface area contributed by atoms with E-state index >= 15 is 0 Å². The minimum Gasteiger partial charge on any atom is -0.452 e. The molecule has 1 N–H and O–H groups in total. The maximum Gasteiger partial charge on any atom is 0.341 e. The second kappa shape index (κ2) is 10.1. The number of unbranched alkanes of at least 4 members (excludes halogenated alkanes) is 1. The van der Waals surface area contributed by atoms with Gasteiger partial charge in [-0.05, 0) is 30.7 Å². The summed E-state index contributed by atoms with van der Waals surface area (Å²) in [5.41, 5.74) is 0.300. The highest BCUT2D eigenvalue weighted by Gasteiger charge is 2.17. The van der Waals surface area contributed by atoms with Crippen molar-refractivity contribution in [2.45, 2.75) is 29.7 Å². The van der Waals surface area contributed by atoms with Crippen molar-refractivity contribution in [2.75, 3.05) is 13.2 Å². The lowest BCUT2D eigenvalue weighted by Crippen LogP contribution is -2.29. The van der Waals surface area contributed by atoms with Crippen LogP contribution < -0.4 is 5.32 Å². The predicted octanol–water partition coefficient (Wildman–Crippen LogP) is 3.96. The van der Waals surface area contributed by atoms with Gasteiger partial charge < -0.3 is 10.1 Å². The third kappa shape index (κ3) is 6.07. The van der Waals surface area contributed by atoms with E-state index in [0.29, 0.717) is 22.2 Å². The van der Waals surface area contributed by atoms with Crippen LogP contribution in [-0.4, -0.2) is 30.0 Å². The molecule has 7 heteroatoms. The molecule has 0 spiro atoms. The van der Waals surface area contributed by atoms with Gasteiger partial charge >= 0.3 is 5.97 Å². The number of pyridine rings is 1. The van der Waals surface area contributed by atoms with Gasteiger partial charge in [0.05, 0.1) is 10.6 Å². The standard InChI is InChI=1S/C18H19ClN2O3S/c1-2-3-10-20-16(22)12-24-18(23)13-7-6-11-21-17(13)25-15-9-5-4-8-14(15)19/h4-9,11H,2-3,10,12H2,1H3,(H,20,22). The van der Waals surface area contributed by atoms with Crippen LogP contribution in [0.15, 0.2) is 52.5 Å². The van der Waals surface area contributed by atoms with E-state index in [1.54, 1.807) is 24.4 Å². The summed E-state index contributed by atoms with van der Waals surface area (Å²) in [6, 6.07) is 10.6. The van der Waals surface area contributed by atoms with Gasteiger partial charge in [-0.1, -0.05) is 48.8 Å². The molecular weight excluding hydrogens is 360 g/mol. The molecule has 0 aliphatic carbocycles. The highest BCUT2D eigenvalue weighted by atomic mass is 35.5. The Kier molecular flexibility index (Phi) is 7.76. The number of benzene rings is 1. The maximum absolute atomic E-state index is 12.3. The summed E-state index contributed by atoms with van der Waals surface area (Å²) in [6.45, 7) is 2.30. The Morgan fingerprint density at radius 1 is 1.24 bits per heavy atom. The van der Waals surface area contributed by atoms with Crippen molar-refractivity contribution in [3.05, 3.63) is 53.2 Å². The number of hydrogen-bond donors (Lipinski definition) is 1. The van der Waals surface area contributed by atoms with Crippen LogP contribution in [0.4, 0.5) is 0 Å². The van der Waals surface area contributed by atoms with Crippen LogP contribution in [0.25, 0.3) is 0 Å². The molecule has 132 valence electrons. The monoisotopic (exact) mass is 378 g/mol. The molecule has 2 rings (SSSR count). The van der Waals surface area contributed by atoms with Crippen LogP contribution in [0.5, 0.6) is 0 Å². The molecule has 0 aliphatic heterocycles. The van der Waals surface area contributed by atoms with Crippen molar-refractivity contribution in [3.63, 3.8) is 0 Å². The van der Waals surface area contributed by atoms with Gasteiger partial charge in [0.25, 0.3) is 5.91 Å². The van der Waals surface area contributed by atoms with Crippen molar-refractivity contribution in [2.24, 2.45) is 0 Å². The normalized spacial score (nSPS) is 10.3. The van der Waals surface area contributed by atoms with E-state index in [4.69, 9.17) is 16.3 Å². The predicted molar refractivity (Wildman–Crippen MR) is 98.0 cm³/mol. The maximum atomic E-state index is 12.3. The van der Waals surface area contributed by atoms with Crippen LogP contribution in [0, 0.1) is 0 Å². The molecule has 2 aromatic rings. The van der Waals surface area contributed by atoms with Gasteiger partial charge in [-0.3, -0.25) is 4.79 Å². The molecule has 0 fully saturated rings. The molecule has 1 amide bonds. The van der Waals surface area contributed by atoms with E-state index in [2.05, 4.69) is 10.3 Å². The van der Waals surface area contributed by atoms with Gasteiger partial charge in [-0.15, -0.1) is 0 Å². The Morgan fingerprint density at radius 3 is 2.80 bits per heavy atom. The van der Waals surface area contributed by atoms with Crippen LogP contribution in [-0.2, 0) is 9.53 Å². The van der Waals surface area contributed by atoms with E-state index in [0.717, 1.165) is 17.7 Å². The third-order valence-corrected chi connectivity index (χ3v) is 4.76. The SMILES string of the molecule is CCCCNC(=O)COC(=O)c1cccnc1Sc1ccccc1Cl. The lowest BCUT2D eigenvalue weighted by molar-refractivity contribution is -0.124. The topological polar surface area (TPSA) is 68.3 Å². The molecule has 1 aromatic carbocycles. The Balaban J connectivity index is 2.01. The van der Waals surface area contributed by atoms with Crippen molar-refractivity contribution >= 4 is 35.2 Å². The molecular formula is C18H19ClN2O3S. The molecule has 0 saturated heterocycles. The first-order valence-corrected chi connectivity index (χ1v) is 9.12. The average molecular weight is 379 g/mol. The number of aromatic nitrogens is 1. The summed E-state index contributed by atoms with van der Waals surface area (Å²) in [7, 11) is 0. The van der Waals surface area contributed by atoms with E-state index in [9.17, 15) is 9.59 Å². The van der Waals surface area contributed by atoms with Gasteiger partial charge in [0, 0.05) is 17.6 Å². The molecule has 0 bridgehead atoms. The second-order valence-corrected chi connectivity index (χ2v) is 6.61. The van der Waals surface area contributed by atoms with E-state index < -0.39 is 5.97 Å². The number of halogens is 1. The number of carbonyl (C=O) groups excluding carboxylic acids is 2. The zero-order valence-electron chi connectivity index (χ0n) is 13.8. The molecule has 0 radical (unpaired) electrons. The van der Waals surface area contributed by atoms with Crippen molar-refractivity contribution in [1.29, 1.82) is 0 Å². The van der Waals surface area contributed by atoms with Crippen LogP contribution in [0.3, 0.4) is 0 Å². The average Bonchev–Trinajstić information content (AvgIpc) is 2.62. The van der Waals surface area contributed by atoms with Crippen molar-refractivity contribution in [3.8, 4) is 0 Å². The highest BCUT2D eigenvalue weighted by molar-refractivity contribution is 7.99. The molecule has 0 aliphatic rings. The van der Waals surface area contributed by atoms with Crippen LogP contribution in [0.1, 0.15) is 30.1 Å². The van der Waals surface area contributed by atoms with Crippen LogP contribution in [0.2, 0.25) is 5.02 Å². The number of nitrogens with zero attached hydrogens (tertiary/aromatic N) is 1. The number of esters is 1. The van der Waals surface area contributed by atoms with Gasteiger partial charge in [-0.2, -0.15) is 0 Å². The second-order valence-electron chi connectivity index (χ2n) is 5.17.